The number of fused-ring (bicyclic) bond motifs is 4. The Labute approximate surface area is 138 Å². The molecular formula is C19H29NO3. The summed E-state index contributed by atoms with van der Waals surface area (Å²) in [6.45, 7) is 4.86. The first-order chi connectivity index (χ1) is 11.0. The van der Waals surface area contributed by atoms with Crippen molar-refractivity contribution in [2.24, 2.45) is 0 Å². The maximum absolute atomic E-state index is 11.1. The predicted octanol–water partition coefficient (Wildman–Crippen LogP) is 2.67. The molecule has 0 spiro atoms. The van der Waals surface area contributed by atoms with Gasteiger partial charge in [-0.15, -0.1) is 0 Å². The van der Waals surface area contributed by atoms with Crippen molar-refractivity contribution in [2.45, 2.75) is 69.6 Å². The molecule has 0 bridgehead atoms. The Morgan fingerprint density at radius 2 is 2.13 bits per heavy atom. The molecule has 128 valence electrons. The van der Waals surface area contributed by atoms with Gasteiger partial charge in [-0.1, -0.05) is 45.2 Å². The van der Waals surface area contributed by atoms with Crippen molar-refractivity contribution in [3.63, 3.8) is 0 Å². The summed E-state index contributed by atoms with van der Waals surface area (Å²) in [5, 5.41) is 24.4. The quantitative estimate of drug-likeness (QED) is 0.754. The highest BCUT2D eigenvalue weighted by molar-refractivity contribution is 5.55. The summed E-state index contributed by atoms with van der Waals surface area (Å²) >= 11 is 0. The molecule has 2 aliphatic rings. The Morgan fingerprint density at radius 1 is 1.30 bits per heavy atom. The lowest BCUT2D eigenvalue weighted by molar-refractivity contribution is -0.0308. The van der Waals surface area contributed by atoms with E-state index in [4.69, 9.17) is 4.74 Å². The SMILES string of the molecule is CC(C)NCC(O)COc1cccc2c1[C@]1(O)CCCCC[C@H]21. The van der Waals surface area contributed by atoms with Gasteiger partial charge in [-0.25, -0.2) is 0 Å². The molecule has 3 N–H and O–H groups in total. The molecule has 2 aliphatic carbocycles. The molecule has 23 heavy (non-hydrogen) atoms. The number of nitrogens with one attached hydrogen (secondary N) is 1. The van der Waals surface area contributed by atoms with Gasteiger partial charge in [0, 0.05) is 24.1 Å². The lowest BCUT2D eigenvalue weighted by Crippen LogP contribution is -2.43. The monoisotopic (exact) mass is 319 g/mol. The fourth-order valence-corrected chi connectivity index (χ4v) is 4.01. The topological polar surface area (TPSA) is 61.7 Å². The maximum atomic E-state index is 11.1. The van der Waals surface area contributed by atoms with E-state index in [0.717, 1.165) is 30.6 Å². The highest BCUT2D eigenvalue weighted by atomic mass is 16.5. The molecule has 1 aromatic carbocycles. The molecule has 4 nitrogen and oxygen atoms in total. The predicted molar refractivity (Wildman–Crippen MR) is 90.8 cm³/mol. The number of hydrogen-bond acceptors (Lipinski definition) is 4. The standard InChI is InChI=1S/C19H29NO3/c1-13(2)20-11-14(21)12-23-17-9-6-7-15-16-8-4-3-5-10-19(16,22)18(15)17/h6-7,9,13-14,16,20-22H,3-5,8,10-12H2,1-2H3/t14?,16-,19+/m1/s1. The number of aliphatic hydroxyl groups excluding tert-OH is 1. The zero-order valence-corrected chi connectivity index (χ0v) is 14.2. The molecule has 1 fully saturated rings. The van der Waals surface area contributed by atoms with Crippen LogP contribution >= 0.6 is 0 Å². The van der Waals surface area contributed by atoms with E-state index >= 15 is 0 Å². The highest BCUT2D eigenvalue weighted by Crippen LogP contribution is 2.59. The van der Waals surface area contributed by atoms with E-state index in [0.29, 0.717) is 12.6 Å². The van der Waals surface area contributed by atoms with Crippen LogP contribution < -0.4 is 10.1 Å². The molecule has 3 rings (SSSR count). The van der Waals surface area contributed by atoms with Crippen molar-refractivity contribution in [3.05, 3.63) is 29.3 Å². The molecular weight excluding hydrogens is 290 g/mol. The minimum atomic E-state index is -0.719. The van der Waals surface area contributed by atoms with Crippen LogP contribution in [0.3, 0.4) is 0 Å². The summed E-state index contributed by atoms with van der Waals surface area (Å²) in [4.78, 5) is 0. The Bertz CT molecular complexity index is 545. The van der Waals surface area contributed by atoms with Crippen molar-refractivity contribution in [1.29, 1.82) is 0 Å². The van der Waals surface area contributed by atoms with Crippen molar-refractivity contribution in [1.82, 2.24) is 5.32 Å². The van der Waals surface area contributed by atoms with Gasteiger partial charge in [0.05, 0.1) is 0 Å². The second kappa shape index (κ2) is 6.80. The first kappa shape index (κ1) is 16.7. The summed E-state index contributed by atoms with van der Waals surface area (Å²) in [6.07, 6.45) is 4.80. The van der Waals surface area contributed by atoms with Gasteiger partial charge >= 0.3 is 0 Å². The average Bonchev–Trinajstić information content (AvgIpc) is 2.68. The second-order valence-electron chi connectivity index (χ2n) is 7.32. The number of benzene rings is 1. The van der Waals surface area contributed by atoms with Crippen LogP contribution in [0.1, 0.15) is 63.0 Å². The molecule has 0 saturated heterocycles. The van der Waals surface area contributed by atoms with Crippen molar-refractivity contribution < 1.29 is 14.9 Å². The van der Waals surface area contributed by atoms with E-state index in [1.165, 1.54) is 18.4 Å². The van der Waals surface area contributed by atoms with Crippen LogP contribution in [0.5, 0.6) is 5.75 Å². The van der Waals surface area contributed by atoms with Crippen LogP contribution in [0, 0.1) is 0 Å². The van der Waals surface area contributed by atoms with E-state index in [-0.39, 0.29) is 12.5 Å². The van der Waals surface area contributed by atoms with Crippen molar-refractivity contribution in [2.75, 3.05) is 13.2 Å². The lowest BCUT2D eigenvalue weighted by atomic mass is 9.61. The maximum Gasteiger partial charge on any atom is 0.125 e. The van der Waals surface area contributed by atoms with Gasteiger partial charge in [0.15, 0.2) is 0 Å². The zero-order chi connectivity index (χ0) is 16.4. The third kappa shape index (κ3) is 3.25. The van der Waals surface area contributed by atoms with Gasteiger partial charge < -0.3 is 20.3 Å². The number of rotatable bonds is 6. The molecule has 0 amide bonds. The smallest absolute Gasteiger partial charge is 0.125 e. The Hall–Kier alpha value is -1.10. The third-order valence-corrected chi connectivity index (χ3v) is 5.19. The van der Waals surface area contributed by atoms with Gasteiger partial charge in [0.1, 0.15) is 24.1 Å². The summed E-state index contributed by atoms with van der Waals surface area (Å²) in [6, 6.07) is 6.37. The molecule has 1 aromatic rings. The summed E-state index contributed by atoms with van der Waals surface area (Å²) in [5.41, 5.74) is 1.49. The van der Waals surface area contributed by atoms with Gasteiger partial charge in [-0.05, 0) is 24.5 Å². The summed E-state index contributed by atoms with van der Waals surface area (Å²) in [7, 11) is 0. The molecule has 0 radical (unpaired) electrons. The van der Waals surface area contributed by atoms with Crippen LogP contribution in [-0.4, -0.2) is 35.5 Å². The fourth-order valence-electron chi connectivity index (χ4n) is 4.01. The second-order valence-corrected chi connectivity index (χ2v) is 7.32. The van der Waals surface area contributed by atoms with E-state index in [1.54, 1.807) is 0 Å². The van der Waals surface area contributed by atoms with E-state index in [1.807, 2.05) is 12.1 Å². The lowest BCUT2D eigenvalue weighted by Gasteiger charge is -2.47. The molecule has 4 heteroatoms. The Kier molecular flexibility index (Phi) is 4.95. The van der Waals surface area contributed by atoms with Crippen LogP contribution in [0.15, 0.2) is 18.2 Å². The molecule has 1 unspecified atom stereocenters. The molecule has 0 aliphatic heterocycles. The van der Waals surface area contributed by atoms with Crippen molar-refractivity contribution in [3.8, 4) is 5.75 Å². The van der Waals surface area contributed by atoms with Crippen LogP contribution in [0.25, 0.3) is 0 Å². The largest absolute Gasteiger partial charge is 0.490 e. The molecule has 0 heterocycles. The van der Waals surface area contributed by atoms with Crippen LogP contribution in [-0.2, 0) is 5.60 Å². The highest BCUT2D eigenvalue weighted by Gasteiger charge is 2.52. The van der Waals surface area contributed by atoms with E-state index < -0.39 is 11.7 Å². The minimum absolute atomic E-state index is 0.247. The minimum Gasteiger partial charge on any atom is -0.490 e. The van der Waals surface area contributed by atoms with Gasteiger partial charge in [0.2, 0.25) is 0 Å². The van der Waals surface area contributed by atoms with Crippen LogP contribution in [0.2, 0.25) is 0 Å². The third-order valence-electron chi connectivity index (χ3n) is 5.19. The number of hydrogen-bond donors (Lipinski definition) is 3. The Balaban J connectivity index is 1.70. The first-order valence-electron chi connectivity index (χ1n) is 8.92. The molecule has 0 aromatic heterocycles. The van der Waals surface area contributed by atoms with Gasteiger partial charge in [-0.2, -0.15) is 0 Å². The van der Waals surface area contributed by atoms with Crippen molar-refractivity contribution >= 4 is 0 Å². The molecule has 3 atom stereocenters. The zero-order valence-electron chi connectivity index (χ0n) is 14.2. The Morgan fingerprint density at radius 3 is 2.91 bits per heavy atom. The van der Waals surface area contributed by atoms with E-state index in [9.17, 15) is 10.2 Å². The average molecular weight is 319 g/mol. The number of ether oxygens (including phenoxy) is 1. The van der Waals surface area contributed by atoms with Gasteiger partial charge in [-0.3, -0.25) is 0 Å². The molecule has 1 saturated carbocycles. The summed E-state index contributed by atoms with van der Waals surface area (Å²) in [5.74, 6) is 1.00. The normalized spacial score (nSPS) is 27.6. The van der Waals surface area contributed by atoms with Gasteiger partial charge in [0.25, 0.3) is 0 Å². The van der Waals surface area contributed by atoms with E-state index in [2.05, 4.69) is 25.2 Å². The first-order valence-corrected chi connectivity index (χ1v) is 8.92. The fraction of sp³-hybridized carbons (Fsp3) is 0.684. The number of aliphatic hydroxyl groups is 2. The van der Waals surface area contributed by atoms with Crippen LogP contribution in [0.4, 0.5) is 0 Å². The summed E-state index contributed by atoms with van der Waals surface area (Å²) < 4.78 is 5.87.